The number of carboxylic acids is 1. The van der Waals surface area contributed by atoms with E-state index in [0.717, 1.165) is 0 Å². The van der Waals surface area contributed by atoms with Crippen LogP contribution in [-0.2, 0) is 6.54 Å². The van der Waals surface area contributed by atoms with Crippen LogP contribution >= 0.6 is 11.6 Å². The molecule has 0 aliphatic heterocycles. The van der Waals surface area contributed by atoms with Gasteiger partial charge in [-0.1, -0.05) is 16.8 Å². The third-order valence-corrected chi connectivity index (χ3v) is 1.63. The molecule has 0 unspecified atom stereocenters. The van der Waals surface area contributed by atoms with Gasteiger partial charge in [-0.05, 0) is 7.05 Å². The number of halogens is 1. The van der Waals surface area contributed by atoms with Crippen molar-refractivity contribution in [3.05, 3.63) is 16.5 Å². The van der Waals surface area contributed by atoms with Crippen molar-refractivity contribution >= 4 is 17.6 Å². The molecule has 0 aliphatic carbocycles. The number of carbonyl (C=O) groups is 1. The summed E-state index contributed by atoms with van der Waals surface area (Å²) in [5.74, 6) is -0.859. The lowest BCUT2D eigenvalue weighted by Gasteiger charge is -1.91. The summed E-state index contributed by atoms with van der Waals surface area (Å²) >= 11 is 5.62. The highest BCUT2D eigenvalue weighted by Gasteiger charge is 2.18. The van der Waals surface area contributed by atoms with Crippen LogP contribution in [0, 0.1) is 0 Å². The molecule has 1 aromatic rings. The van der Waals surface area contributed by atoms with Crippen LogP contribution in [-0.4, -0.2) is 23.3 Å². The summed E-state index contributed by atoms with van der Waals surface area (Å²) in [5.41, 5.74) is -0.248. The number of nitrogens with zero attached hydrogens (tertiary/aromatic N) is 1. The standard InChI is InChI=1S/C6H7ClN2O3/c1-8-2-3-4(7)5(6(10)11)9-12-3/h8H,2H2,1H3,(H,10,11). The van der Waals surface area contributed by atoms with Gasteiger partial charge >= 0.3 is 5.97 Å². The number of carboxylic acid groups (broad SMARTS) is 1. The maximum absolute atomic E-state index is 10.4. The summed E-state index contributed by atoms with van der Waals surface area (Å²) < 4.78 is 4.67. The maximum Gasteiger partial charge on any atom is 0.359 e. The zero-order valence-corrected chi connectivity index (χ0v) is 7.05. The molecule has 0 atom stereocenters. The highest BCUT2D eigenvalue weighted by molar-refractivity contribution is 6.33. The Bertz CT molecular complexity index is 297. The number of nitrogens with one attached hydrogen (secondary N) is 1. The van der Waals surface area contributed by atoms with Crippen LogP contribution in [0.3, 0.4) is 0 Å². The summed E-state index contributed by atoms with van der Waals surface area (Å²) in [7, 11) is 1.69. The zero-order chi connectivity index (χ0) is 9.14. The van der Waals surface area contributed by atoms with Gasteiger partial charge in [-0.15, -0.1) is 0 Å². The molecule has 0 radical (unpaired) electrons. The van der Waals surface area contributed by atoms with Crippen LogP contribution in [0.1, 0.15) is 16.2 Å². The fourth-order valence-electron chi connectivity index (χ4n) is 0.716. The van der Waals surface area contributed by atoms with Crippen LogP contribution in [0.5, 0.6) is 0 Å². The Hall–Kier alpha value is -1.07. The molecular weight excluding hydrogens is 184 g/mol. The molecule has 0 amide bonds. The van der Waals surface area contributed by atoms with Crippen molar-refractivity contribution in [1.82, 2.24) is 10.5 Å². The minimum absolute atomic E-state index is 0.0526. The van der Waals surface area contributed by atoms with E-state index in [-0.39, 0.29) is 10.7 Å². The first-order valence-electron chi connectivity index (χ1n) is 3.18. The smallest absolute Gasteiger partial charge is 0.359 e. The number of hydrogen-bond acceptors (Lipinski definition) is 4. The Kier molecular flexibility index (Phi) is 2.67. The van der Waals surface area contributed by atoms with Crippen LogP contribution in [0.25, 0.3) is 0 Å². The van der Waals surface area contributed by atoms with Gasteiger partial charge in [0, 0.05) is 0 Å². The van der Waals surface area contributed by atoms with Crippen molar-refractivity contribution < 1.29 is 14.4 Å². The van der Waals surface area contributed by atoms with E-state index in [9.17, 15) is 4.79 Å². The van der Waals surface area contributed by atoms with Gasteiger partial charge in [0.1, 0.15) is 5.02 Å². The van der Waals surface area contributed by atoms with Gasteiger partial charge in [-0.2, -0.15) is 0 Å². The second-order valence-electron chi connectivity index (χ2n) is 2.10. The van der Waals surface area contributed by atoms with E-state index in [4.69, 9.17) is 16.7 Å². The van der Waals surface area contributed by atoms with E-state index < -0.39 is 5.97 Å². The molecule has 0 aliphatic rings. The maximum atomic E-state index is 10.4. The lowest BCUT2D eigenvalue weighted by Crippen LogP contribution is -2.04. The predicted molar refractivity (Wildman–Crippen MR) is 41.2 cm³/mol. The fourth-order valence-corrected chi connectivity index (χ4v) is 0.933. The molecule has 1 aromatic heterocycles. The lowest BCUT2D eigenvalue weighted by molar-refractivity contribution is 0.0686. The van der Waals surface area contributed by atoms with Crippen molar-refractivity contribution in [3.8, 4) is 0 Å². The monoisotopic (exact) mass is 190 g/mol. The molecule has 2 N–H and O–H groups in total. The molecule has 12 heavy (non-hydrogen) atoms. The number of hydrogen-bond donors (Lipinski definition) is 2. The topological polar surface area (TPSA) is 75.4 Å². The van der Waals surface area contributed by atoms with Crippen LogP contribution in [0.4, 0.5) is 0 Å². The van der Waals surface area contributed by atoms with Crippen molar-refractivity contribution in [3.63, 3.8) is 0 Å². The van der Waals surface area contributed by atoms with Gasteiger partial charge in [0.05, 0.1) is 6.54 Å². The Morgan fingerprint density at radius 3 is 2.92 bits per heavy atom. The highest BCUT2D eigenvalue weighted by atomic mass is 35.5. The summed E-state index contributed by atoms with van der Waals surface area (Å²) in [4.78, 5) is 10.4. The number of rotatable bonds is 3. The average Bonchev–Trinajstić information content (AvgIpc) is 2.34. The van der Waals surface area contributed by atoms with E-state index in [2.05, 4.69) is 15.0 Å². The molecule has 0 fully saturated rings. The highest BCUT2D eigenvalue weighted by Crippen LogP contribution is 2.20. The lowest BCUT2D eigenvalue weighted by atomic mass is 10.3. The Labute approximate surface area is 73.3 Å². The van der Waals surface area contributed by atoms with E-state index >= 15 is 0 Å². The van der Waals surface area contributed by atoms with Crippen LogP contribution < -0.4 is 5.32 Å². The summed E-state index contributed by atoms with van der Waals surface area (Å²) in [5, 5.41) is 14.6. The molecule has 5 nitrogen and oxygen atoms in total. The first-order valence-corrected chi connectivity index (χ1v) is 3.56. The quantitative estimate of drug-likeness (QED) is 0.736. The molecule has 0 spiro atoms. The SMILES string of the molecule is CNCc1onc(C(=O)O)c1Cl. The zero-order valence-electron chi connectivity index (χ0n) is 6.30. The second kappa shape index (κ2) is 3.55. The minimum atomic E-state index is -1.19. The molecule has 0 saturated heterocycles. The van der Waals surface area contributed by atoms with Crippen LogP contribution in [0.2, 0.25) is 5.02 Å². The van der Waals surface area contributed by atoms with E-state index in [1.54, 1.807) is 7.05 Å². The molecule has 1 rings (SSSR count). The van der Waals surface area contributed by atoms with E-state index in [1.165, 1.54) is 0 Å². The van der Waals surface area contributed by atoms with E-state index in [0.29, 0.717) is 12.3 Å². The fraction of sp³-hybridized carbons (Fsp3) is 0.333. The molecule has 6 heteroatoms. The van der Waals surface area contributed by atoms with Crippen molar-refractivity contribution in [2.24, 2.45) is 0 Å². The summed E-state index contributed by atoms with van der Waals surface area (Å²) in [6.07, 6.45) is 0. The molecule has 0 saturated carbocycles. The van der Waals surface area contributed by atoms with Crippen LogP contribution in [0.15, 0.2) is 4.52 Å². The molecule has 66 valence electrons. The first kappa shape index (κ1) is 9.02. The third kappa shape index (κ3) is 1.57. The van der Waals surface area contributed by atoms with Crippen molar-refractivity contribution in [2.75, 3.05) is 7.05 Å². The average molecular weight is 191 g/mol. The third-order valence-electron chi connectivity index (χ3n) is 1.24. The van der Waals surface area contributed by atoms with Gasteiger partial charge in [0.2, 0.25) is 5.69 Å². The Morgan fingerprint density at radius 1 is 1.83 bits per heavy atom. The predicted octanol–water partition coefficient (Wildman–Crippen LogP) is 0.746. The molecule has 0 bridgehead atoms. The Morgan fingerprint density at radius 2 is 2.50 bits per heavy atom. The largest absolute Gasteiger partial charge is 0.476 e. The molecule has 1 heterocycles. The first-order chi connectivity index (χ1) is 5.66. The number of aromatic nitrogens is 1. The van der Waals surface area contributed by atoms with Crippen molar-refractivity contribution in [2.45, 2.75) is 6.54 Å². The molecular formula is C6H7ClN2O3. The Balaban J connectivity index is 2.96. The second-order valence-corrected chi connectivity index (χ2v) is 2.48. The summed E-state index contributed by atoms with van der Waals surface area (Å²) in [6.45, 7) is 0.360. The van der Waals surface area contributed by atoms with Gasteiger partial charge in [0.25, 0.3) is 0 Å². The van der Waals surface area contributed by atoms with Gasteiger partial charge < -0.3 is 14.9 Å². The van der Waals surface area contributed by atoms with E-state index in [1.807, 2.05) is 0 Å². The van der Waals surface area contributed by atoms with Gasteiger partial charge in [-0.3, -0.25) is 0 Å². The number of aromatic carboxylic acids is 1. The normalized spacial score (nSPS) is 10.2. The summed E-state index contributed by atoms with van der Waals surface area (Å²) in [6, 6.07) is 0. The minimum Gasteiger partial charge on any atom is -0.476 e. The van der Waals surface area contributed by atoms with Crippen molar-refractivity contribution in [1.29, 1.82) is 0 Å². The molecule has 0 aromatic carbocycles. The van der Waals surface area contributed by atoms with Gasteiger partial charge in [-0.25, -0.2) is 4.79 Å². The van der Waals surface area contributed by atoms with Gasteiger partial charge in [0.15, 0.2) is 5.76 Å².